The molecular formula is C14H17FN2O3. The van der Waals surface area contributed by atoms with Gasteiger partial charge in [0.05, 0.1) is 11.0 Å². The van der Waals surface area contributed by atoms with Crippen molar-refractivity contribution in [2.75, 3.05) is 18.0 Å². The highest BCUT2D eigenvalue weighted by atomic mass is 19.1. The van der Waals surface area contributed by atoms with Crippen molar-refractivity contribution in [2.45, 2.75) is 26.7 Å². The number of nitro benzene ring substituents is 1. The van der Waals surface area contributed by atoms with Gasteiger partial charge < -0.3 is 4.90 Å². The lowest BCUT2D eigenvalue weighted by molar-refractivity contribution is -0.384. The van der Waals surface area contributed by atoms with Crippen LogP contribution < -0.4 is 4.90 Å². The minimum atomic E-state index is -0.570. The minimum absolute atomic E-state index is 0.0341. The van der Waals surface area contributed by atoms with E-state index < -0.39 is 10.7 Å². The first kappa shape index (κ1) is 14.4. The van der Waals surface area contributed by atoms with Crippen LogP contribution in [0.4, 0.5) is 15.8 Å². The number of hydrogen-bond donors (Lipinski definition) is 0. The van der Waals surface area contributed by atoms with Crippen LogP contribution in [-0.4, -0.2) is 23.8 Å². The smallest absolute Gasteiger partial charge is 0.295 e. The second-order valence-electron chi connectivity index (χ2n) is 5.22. The van der Waals surface area contributed by atoms with Gasteiger partial charge in [0.1, 0.15) is 17.3 Å². The molecule has 0 saturated carbocycles. The Morgan fingerprint density at radius 1 is 1.40 bits per heavy atom. The number of rotatable bonds is 3. The van der Waals surface area contributed by atoms with E-state index in [4.69, 9.17) is 0 Å². The van der Waals surface area contributed by atoms with Crippen LogP contribution >= 0.6 is 0 Å². The molecule has 1 aliphatic rings. The predicted molar refractivity (Wildman–Crippen MR) is 73.4 cm³/mol. The number of piperidine rings is 1. The molecule has 1 aliphatic heterocycles. The number of hydrogen-bond acceptors (Lipinski definition) is 4. The molecule has 0 atom stereocenters. The Morgan fingerprint density at radius 2 is 2.00 bits per heavy atom. The van der Waals surface area contributed by atoms with E-state index in [2.05, 4.69) is 0 Å². The summed E-state index contributed by atoms with van der Waals surface area (Å²) in [5.74, 6) is -0.375. The van der Waals surface area contributed by atoms with E-state index in [1.807, 2.05) is 4.90 Å². The fourth-order valence-corrected chi connectivity index (χ4v) is 2.58. The number of nitro groups is 1. The predicted octanol–water partition coefficient (Wildman–Crippen LogP) is 2.85. The molecule has 0 spiro atoms. The quantitative estimate of drug-likeness (QED) is 0.631. The minimum Gasteiger partial charge on any atom is -0.366 e. The maximum atomic E-state index is 13.5. The highest BCUT2D eigenvalue weighted by Gasteiger charge is 2.27. The SMILES string of the molecule is CC(=O)C1CCN(c2cc(C)c(F)cc2[N+](=O)[O-])CC1. The monoisotopic (exact) mass is 280 g/mol. The Balaban J connectivity index is 2.27. The third kappa shape index (κ3) is 2.79. The zero-order valence-corrected chi connectivity index (χ0v) is 11.6. The summed E-state index contributed by atoms with van der Waals surface area (Å²) in [6, 6.07) is 2.49. The maximum absolute atomic E-state index is 13.5. The average molecular weight is 280 g/mol. The molecule has 0 unspecified atom stereocenters. The number of halogens is 1. The van der Waals surface area contributed by atoms with Gasteiger partial charge in [-0.3, -0.25) is 14.9 Å². The summed E-state index contributed by atoms with van der Waals surface area (Å²) in [7, 11) is 0. The Morgan fingerprint density at radius 3 is 2.50 bits per heavy atom. The van der Waals surface area contributed by atoms with Crippen molar-refractivity contribution >= 4 is 17.2 Å². The van der Waals surface area contributed by atoms with Crippen LogP contribution in [0, 0.1) is 28.8 Å². The van der Waals surface area contributed by atoms with E-state index in [1.54, 1.807) is 13.8 Å². The van der Waals surface area contributed by atoms with E-state index in [-0.39, 0.29) is 17.4 Å². The summed E-state index contributed by atoms with van der Waals surface area (Å²) in [5.41, 5.74) is 0.615. The van der Waals surface area contributed by atoms with Gasteiger partial charge in [-0.25, -0.2) is 4.39 Å². The van der Waals surface area contributed by atoms with E-state index in [9.17, 15) is 19.3 Å². The summed E-state index contributed by atoms with van der Waals surface area (Å²) < 4.78 is 13.5. The zero-order chi connectivity index (χ0) is 14.9. The van der Waals surface area contributed by atoms with Crippen molar-refractivity contribution in [1.82, 2.24) is 0 Å². The fraction of sp³-hybridized carbons (Fsp3) is 0.500. The van der Waals surface area contributed by atoms with Gasteiger partial charge in [0.2, 0.25) is 0 Å². The summed E-state index contributed by atoms with van der Waals surface area (Å²) in [6.45, 7) is 4.32. The Labute approximate surface area is 116 Å². The summed E-state index contributed by atoms with van der Waals surface area (Å²) in [6.07, 6.45) is 1.37. The molecule has 1 fully saturated rings. The van der Waals surface area contributed by atoms with Crippen LogP contribution in [0.3, 0.4) is 0 Å². The summed E-state index contributed by atoms with van der Waals surface area (Å²) in [5, 5.41) is 11.1. The van der Waals surface area contributed by atoms with Crippen molar-refractivity contribution < 1.29 is 14.1 Å². The molecule has 0 amide bonds. The molecule has 5 nitrogen and oxygen atoms in total. The third-order valence-electron chi connectivity index (χ3n) is 3.86. The summed E-state index contributed by atoms with van der Waals surface area (Å²) >= 11 is 0. The van der Waals surface area contributed by atoms with Crippen molar-refractivity contribution in [3.8, 4) is 0 Å². The normalized spacial score (nSPS) is 16.2. The number of Topliss-reactive ketones (excluding diaryl/α,β-unsaturated/α-hetero) is 1. The molecule has 0 N–H and O–H groups in total. The van der Waals surface area contributed by atoms with Gasteiger partial charge in [0, 0.05) is 19.0 Å². The standard InChI is InChI=1S/C14H17FN2O3/c1-9-7-13(14(17(19)20)8-12(9)15)16-5-3-11(4-6-16)10(2)18/h7-8,11H,3-6H2,1-2H3. The zero-order valence-electron chi connectivity index (χ0n) is 11.6. The second-order valence-corrected chi connectivity index (χ2v) is 5.22. The van der Waals surface area contributed by atoms with Crippen LogP contribution in [0.1, 0.15) is 25.3 Å². The van der Waals surface area contributed by atoms with Crippen molar-refractivity contribution in [1.29, 1.82) is 0 Å². The molecule has 0 radical (unpaired) electrons. The molecule has 1 heterocycles. The number of nitrogens with zero attached hydrogens (tertiary/aromatic N) is 2. The first-order valence-corrected chi connectivity index (χ1v) is 6.60. The molecule has 0 aliphatic carbocycles. The number of aryl methyl sites for hydroxylation is 1. The lowest BCUT2D eigenvalue weighted by Gasteiger charge is -2.32. The fourth-order valence-electron chi connectivity index (χ4n) is 2.58. The Kier molecular flexibility index (Phi) is 4.01. The number of carbonyl (C=O) groups excluding carboxylic acids is 1. The van der Waals surface area contributed by atoms with Crippen LogP contribution in [-0.2, 0) is 4.79 Å². The molecular weight excluding hydrogens is 263 g/mol. The molecule has 108 valence electrons. The van der Waals surface area contributed by atoms with Gasteiger partial charge >= 0.3 is 0 Å². The molecule has 6 heteroatoms. The largest absolute Gasteiger partial charge is 0.366 e. The van der Waals surface area contributed by atoms with Gasteiger partial charge in [-0.2, -0.15) is 0 Å². The number of anilines is 1. The topological polar surface area (TPSA) is 63.5 Å². The Bertz CT molecular complexity index is 552. The molecule has 0 bridgehead atoms. The second kappa shape index (κ2) is 5.56. The lowest BCUT2D eigenvalue weighted by atomic mass is 9.93. The number of ketones is 1. The van der Waals surface area contributed by atoms with Crippen LogP contribution in [0.2, 0.25) is 0 Å². The highest BCUT2D eigenvalue weighted by molar-refractivity contribution is 5.78. The van der Waals surface area contributed by atoms with Gasteiger partial charge in [-0.15, -0.1) is 0 Å². The lowest BCUT2D eigenvalue weighted by Crippen LogP contribution is -2.36. The van der Waals surface area contributed by atoms with Crippen molar-refractivity contribution in [2.24, 2.45) is 5.92 Å². The van der Waals surface area contributed by atoms with Crippen LogP contribution in [0.25, 0.3) is 0 Å². The van der Waals surface area contributed by atoms with E-state index in [0.29, 0.717) is 37.2 Å². The molecule has 1 aromatic carbocycles. The van der Waals surface area contributed by atoms with Crippen molar-refractivity contribution in [3.63, 3.8) is 0 Å². The van der Waals surface area contributed by atoms with Gasteiger partial charge in [-0.05, 0) is 38.3 Å². The van der Waals surface area contributed by atoms with Crippen LogP contribution in [0.15, 0.2) is 12.1 Å². The summed E-state index contributed by atoms with van der Waals surface area (Å²) in [4.78, 5) is 23.7. The highest BCUT2D eigenvalue weighted by Crippen LogP contribution is 2.33. The maximum Gasteiger partial charge on any atom is 0.295 e. The Hall–Kier alpha value is -1.98. The van der Waals surface area contributed by atoms with E-state index >= 15 is 0 Å². The van der Waals surface area contributed by atoms with E-state index in [1.165, 1.54) is 6.07 Å². The first-order chi connectivity index (χ1) is 9.40. The first-order valence-electron chi connectivity index (χ1n) is 6.60. The molecule has 2 rings (SSSR count). The van der Waals surface area contributed by atoms with Crippen LogP contribution in [0.5, 0.6) is 0 Å². The molecule has 1 aromatic rings. The molecule has 20 heavy (non-hydrogen) atoms. The van der Waals surface area contributed by atoms with Gasteiger partial charge in [0.15, 0.2) is 0 Å². The number of benzene rings is 1. The van der Waals surface area contributed by atoms with E-state index in [0.717, 1.165) is 6.07 Å². The van der Waals surface area contributed by atoms with Crippen molar-refractivity contribution in [3.05, 3.63) is 33.6 Å². The third-order valence-corrected chi connectivity index (χ3v) is 3.86. The van der Waals surface area contributed by atoms with Gasteiger partial charge in [-0.1, -0.05) is 0 Å². The molecule has 0 aromatic heterocycles. The molecule has 1 saturated heterocycles. The number of carbonyl (C=O) groups is 1. The van der Waals surface area contributed by atoms with Gasteiger partial charge in [0.25, 0.3) is 5.69 Å². The average Bonchev–Trinajstić information content (AvgIpc) is 2.41.